The number of amides is 1. The van der Waals surface area contributed by atoms with E-state index in [0.29, 0.717) is 19.4 Å². The third-order valence-corrected chi connectivity index (χ3v) is 10.6. The van der Waals surface area contributed by atoms with Gasteiger partial charge in [0.05, 0.1) is 25.4 Å². The molecule has 326 valence electrons. The molecular formula is C50H91NO5. The van der Waals surface area contributed by atoms with E-state index in [4.69, 9.17) is 4.74 Å². The van der Waals surface area contributed by atoms with E-state index in [2.05, 4.69) is 55.6 Å². The maximum absolute atomic E-state index is 12.4. The van der Waals surface area contributed by atoms with E-state index in [9.17, 15) is 19.8 Å². The fourth-order valence-electron chi connectivity index (χ4n) is 6.82. The predicted molar refractivity (Wildman–Crippen MR) is 241 cm³/mol. The molecule has 56 heavy (non-hydrogen) atoms. The van der Waals surface area contributed by atoms with Crippen molar-refractivity contribution in [3.63, 3.8) is 0 Å². The van der Waals surface area contributed by atoms with Crippen LogP contribution in [-0.2, 0) is 14.3 Å². The number of nitrogens with one attached hydrogen (secondary N) is 1. The van der Waals surface area contributed by atoms with Gasteiger partial charge >= 0.3 is 5.97 Å². The highest BCUT2D eigenvalue weighted by Crippen LogP contribution is 2.14. The van der Waals surface area contributed by atoms with Crippen molar-refractivity contribution in [1.29, 1.82) is 0 Å². The third kappa shape index (κ3) is 41.5. The Bertz CT molecular complexity index is 957. The number of allylic oxidation sites excluding steroid dienone is 7. The summed E-state index contributed by atoms with van der Waals surface area (Å²) in [5.41, 5.74) is 0. The summed E-state index contributed by atoms with van der Waals surface area (Å²) in [5, 5.41) is 23.0. The molecule has 0 saturated heterocycles. The van der Waals surface area contributed by atoms with Gasteiger partial charge in [0.25, 0.3) is 0 Å². The van der Waals surface area contributed by atoms with E-state index in [1.807, 2.05) is 6.08 Å². The van der Waals surface area contributed by atoms with Crippen molar-refractivity contribution in [2.24, 2.45) is 0 Å². The number of hydrogen-bond donors (Lipinski definition) is 3. The summed E-state index contributed by atoms with van der Waals surface area (Å²) in [6.45, 7) is 4.75. The fourth-order valence-corrected chi connectivity index (χ4v) is 6.82. The summed E-state index contributed by atoms with van der Waals surface area (Å²) in [5.74, 6) is -0.161. The first-order valence-corrected chi connectivity index (χ1v) is 23.9. The first-order valence-electron chi connectivity index (χ1n) is 23.9. The zero-order chi connectivity index (χ0) is 40.8. The highest BCUT2D eigenvalue weighted by atomic mass is 16.5. The van der Waals surface area contributed by atoms with Crippen molar-refractivity contribution in [2.45, 2.75) is 244 Å². The van der Waals surface area contributed by atoms with Gasteiger partial charge < -0.3 is 20.3 Å². The highest BCUT2D eigenvalue weighted by molar-refractivity contribution is 5.76. The van der Waals surface area contributed by atoms with E-state index in [1.54, 1.807) is 6.08 Å². The molecule has 0 aliphatic carbocycles. The van der Waals surface area contributed by atoms with Gasteiger partial charge in [-0.05, 0) is 83.5 Å². The molecule has 0 aromatic heterocycles. The Kier molecular flexibility index (Phi) is 43.7. The van der Waals surface area contributed by atoms with Gasteiger partial charge in [-0.1, -0.05) is 184 Å². The van der Waals surface area contributed by atoms with Crippen molar-refractivity contribution >= 4 is 11.9 Å². The second kappa shape index (κ2) is 45.5. The van der Waals surface area contributed by atoms with Crippen LogP contribution in [0.2, 0.25) is 0 Å². The highest BCUT2D eigenvalue weighted by Gasteiger charge is 2.18. The van der Waals surface area contributed by atoms with Crippen LogP contribution in [-0.4, -0.2) is 47.4 Å². The molecule has 3 N–H and O–H groups in total. The average molecular weight is 786 g/mol. The predicted octanol–water partition coefficient (Wildman–Crippen LogP) is 13.9. The topological polar surface area (TPSA) is 95.9 Å². The lowest BCUT2D eigenvalue weighted by Crippen LogP contribution is -2.45. The molecule has 0 aromatic carbocycles. The number of aliphatic hydroxyl groups excluding tert-OH is 2. The van der Waals surface area contributed by atoms with Gasteiger partial charge in [-0.25, -0.2) is 0 Å². The lowest BCUT2D eigenvalue weighted by Gasteiger charge is -2.20. The molecule has 0 aliphatic heterocycles. The molecule has 0 aromatic rings. The zero-order valence-corrected chi connectivity index (χ0v) is 36.8. The second-order valence-electron chi connectivity index (χ2n) is 16.1. The van der Waals surface area contributed by atoms with E-state index in [0.717, 1.165) is 89.9 Å². The Morgan fingerprint density at radius 1 is 0.500 bits per heavy atom. The number of aliphatic hydroxyl groups is 2. The molecule has 0 spiro atoms. The quantitative estimate of drug-likeness (QED) is 0.0325. The van der Waals surface area contributed by atoms with Gasteiger partial charge in [-0.15, -0.1) is 0 Å². The molecule has 1 amide bonds. The number of rotatable bonds is 43. The number of unbranched alkanes of at least 4 members (excludes halogenated alkanes) is 26. The minimum absolute atomic E-state index is 0.0542. The molecule has 0 heterocycles. The lowest BCUT2D eigenvalue weighted by atomic mass is 10.0. The summed E-state index contributed by atoms with van der Waals surface area (Å²) in [6, 6.07) is -0.654. The van der Waals surface area contributed by atoms with Crippen LogP contribution in [0.1, 0.15) is 232 Å². The summed E-state index contributed by atoms with van der Waals surface area (Å²) in [6.07, 6.45) is 55.3. The molecule has 0 radical (unpaired) electrons. The van der Waals surface area contributed by atoms with Crippen LogP contribution in [0.15, 0.2) is 48.6 Å². The number of ether oxygens (including phenoxy) is 1. The number of hydrogen-bond acceptors (Lipinski definition) is 5. The molecule has 0 fully saturated rings. The molecule has 6 nitrogen and oxygen atoms in total. The maximum atomic E-state index is 12.4. The summed E-state index contributed by atoms with van der Waals surface area (Å²) < 4.78 is 5.41. The molecular weight excluding hydrogens is 695 g/mol. The van der Waals surface area contributed by atoms with Gasteiger partial charge in [0.15, 0.2) is 0 Å². The van der Waals surface area contributed by atoms with Gasteiger partial charge in [0.2, 0.25) is 5.91 Å². The Morgan fingerprint density at radius 3 is 1.43 bits per heavy atom. The molecule has 0 aliphatic rings. The standard InChI is InChI=1S/C50H91NO5/c1-3-5-7-9-11-13-15-17-19-20-22-26-30-34-38-42-48(53)47(46-52)51-49(54)43-39-35-31-27-24-25-29-33-37-41-45-56-50(55)44-40-36-32-28-23-21-18-16-14-12-10-8-6-4-2/h10,12,16,18,25,29,38,42,47-48,52-53H,3-9,11,13-15,17,19-24,26-28,30-37,39-41,43-46H2,1-2H3,(H,51,54)/b12-10-,18-16-,29-25-,42-38+. The number of carbonyl (C=O) groups is 2. The van der Waals surface area contributed by atoms with Crippen molar-refractivity contribution < 1.29 is 24.5 Å². The van der Waals surface area contributed by atoms with Crippen molar-refractivity contribution in [2.75, 3.05) is 13.2 Å². The number of esters is 1. The van der Waals surface area contributed by atoms with Gasteiger partial charge in [0.1, 0.15) is 0 Å². The Hall–Kier alpha value is -2.18. The smallest absolute Gasteiger partial charge is 0.305 e. The van der Waals surface area contributed by atoms with Gasteiger partial charge in [-0.3, -0.25) is 9.59 Å². The Balaban J connectivity index is 3.60. The van der Waals surface area contributed by atoms with E-state index >= 15 is 0 Å². The average Bonchev–Trinajstić information content (AvgIpc) is 3.20. The van der Waals surface area contributed by atoms with Gasteiger partial charge in [-0.2, -0.15) is 0 Å². The van der Waals surface area contributed by atoms with E-state index in [1.165, 1.54) is 116 Å². The SMILES string of the molecule is CCCC/C=C\C/C=C\CCCCCCCC(=O)OCCCC/C=C\CCCCCCC(=O)NC(CO)C(O)/C=C/CCCCCCCCCCCCCCC. The van der Waals surface area contributed by atoms with Crippen molar-refractivity contribution in [1.82, 2.24) is 5.32 Å². The Morgan fingerprint density at radius 2 is 0.911 bits per heavy atom. The number of carbonyl (C=O) groups excluding carboxylic acids is 2. The van der Waals surface area contributed by atoms with Crippen LogP contribution in [0.5, 0.6) is 0 Å². The molecule has 6 heteroatoms. The largest absolute Gasteiger partial charge is 0.466 e. The maximum Gasteiger partial charge on any atom is 0.305 e. The van der Waals surface area contributed by atoms with Crippen molar-refractivity contribution in [3.05, 3.63) is 48.6 Å². The van der Waals surface area contributed by atoms with E-state index in [-0.39, 0.29) is 18.5 Å². The molecule has 2 atom stereocenters. The van der Waals surface area contributed by atoms with Crippen LogP contribution in [0.3, 0.4) is 0 Å². The lowest BCUT2D eigenvalue weighted by molar-refractivity contribution is -0.143. The van der Waals surface area contributed by atoms with Crippen LogP contribution in [0.25, 0.3) is 0 Å². The first kappa shape index (κ1) is 53.8. The third-order valence-electron chi connectivity index (χ3n) is 10.6. The van der Waals surface area contributed by atoms with Crippen LogP contribution in [0.4, 0.5) is 0 Å². The second-order valence-corrected chi connectivity index (χ2v) is 16.1. The first-order chi connectivity index (χ1) is 27.5. The van der Waals surface area contributed by atoms with Crippen LogP contribution >= 0.6 is 0 Å². The zero-order valence-electron chi connectivity index (χ0n) is 36.8. The van der Waals surface area contributed by atoms with Crippen LogP contribution < -0.4 is 5.32 Å². The van der Waals surface area contributed by atoms with Crippen LogP contribution in [0, 0.1) is 0 Å². The summed E-state index contributed by atoms with van der Waals surface area (Å²) in [4.78, 5) is 24.4. The molecule has 0 rings (SSSR count). The Labute approximate surface area is 346 Å². The molecule has 0 saturated carbocycles. The molecule has 2 unspecified atom stereocenters. The fraction of sp³-hybridized carbons (Fsp3) is 0.800. The molecule has 0 bridgehead atoms. The normalized spacial score (nSPS) is 13.1. The van der Waals surface area contributed by atoms with E-state index < -0.39 is 12.1 Å². The van der Waals surface area contributed by atoms with Gasteiger partial charge in [0, 0.05) is 12.8 Å². The van der Waals surface area contributed by atoms with Crippen molar-refractivity contribution in [3.8, 4) is 0 Å². The minimum atomic E-state index is -0.867. The minimum Gasteiger partial charge on any atom is -0.466 e. The monoisotopic (exact) mass is 786 g/mol. The summed E-state index contributed by atoms with van der Waals surface area (Å²) >= 11 is 0. The summed E-state index contributed by atoms with van der Waals surface area (Å²) in [7, 11) is 0.